The number of hydrogen-bond acceptors (Lipinski definition) is 3. The van der Waals surface area contributed by atoms with Crippen LogP contribution in [-0.4, -0.2) is 10.3 Å². The summed E-state index contributed by atoms with van der Waals surface area (Å²) >= 11 is 0. The van der Waals surface area contributed by atoms with Gasteiger partial charge in [0.25, 0.3) is 0 Å². The summed E-state index contributed by atoms with van der Waals surface area (Å²) in [5.74, 6) is 0. The smallest absolute Gasteiger partial charge is 0.0702 e. The minimum absolute atomic E-state index is 0.827. The third-order valence-electron chi connectivity index (χ3n) is 13.5. The molecule has 394 valence electrons. The molecule has 4 nitrogen and oxygen atoms in total. The van der Waals surface area contributed by atoms with Crippen LogP contribution in [0.1, 0.15) is 36.1 Å². The summed E-state index contributed by atoms with van der Waals surface area (Å²) < 4.78 is 2.38. The molecule has 0 unspecified atom stereocenters. The number of para-hydroxylation sites is 1. The number of nitrogens with one attached hydrogen (secondary N) is 1. The molecule has 3 N–H and O–H groups in total. The SMILES string of the molecule is C=C/C=C(\C=C(/C)c1cc(-c2ccccc2)ccc1Nc1ccccc1)c1ccc2c(c1)c1cc(-c3ccccc3)ccc1n2C1=C/C=C/C=C/C=C\C(c2cccc(C(/C=C/C=C/C=C\C=C/N)=N\C=C/C=C\C=C\C)c2)=C/C=C\1. The monoisotopic (exact) mass is 1050 g/mol. The van der Waals surface area contributed by atoms with Gasteiger partial charge in [0.15, 0.2) is 0 Å². The summed E-state index contributed by atoms with van der Waals surface area (Å²) in [6.07, 6.45) is 54.4. The van der Waals surface area contributed by atoms with Crippen LogP contribution in [0.25, 0.3) is 66.5 Å². The molecule has 1 aliphatic rings. The van der Waals surface area contributed by atoms with Crippen LogP contribution < -0.4 is 11.1 Å². The van der Waals surface area contributed by atoms with Crippen molar-refractivity contribution < 1.29 is 0 Å². The Balaban J connectivity index is 1.12. The Morgan fingerprint density at radius 2 is 1.17 bits per heavy atom. The van der Waals surface area contributed by atoms with E-state index in [-0.39, 0.29) is 0 Å². The second-order valence-electron chi connectivity index (χ2n) is 19.0. The largest absolute Gasteiger partial charge is 0.405 e. The summed E-state index contributed by atoms with van der Waals surface area (Å²) in [4.78, 5) is 4.90. The number of rotatable bonds is 18. The van der Waals surface area contributed by atoms with Crippen LogP contribution in [0.4, 0.5) is 11.4 Å². The molecule has 0 saturated heterocycles. The maximum atomic E-state index is 5.49. The van der Waals surface area contributed by atoms with Gasteiger partial charge in [0, 0.05) is 45.2 Å². The van der Waals surface area contributed by atoms with Crippen molar-refractivity contribution in [3.8, 4) is 22.3 Å². The Kier molecular flexibility index (Phi) is 19.6. The molecular formula is C77H66N4. The van der Waals surface area contributed by atoms with E-state index in [9.17, 15) is 0 Å². The van der Waals surface area contributed by atoms with E-state index in [0.29, 0.717) is 0 Å². The lowest BCUT2D eigenvalue weighted by molar-refractivity contribution is 1.24. The number of nitrogens with zero attached hydrogens (tertiary/aromatic N) is 2. The summed E-state index contributed by atoms with van der Waals surface area (Å²) in [6.45, 7) is 8.40. The Hall–Kier alpha value is -10.6. The minimum atomic E-state index is 0.827. The number of nitrogens with two attached hydrogens (primary N) is 1. The highest BCUT2D eigenvalue weighted by Gasteiger charge is 2.17. The third kappa shape index (κ3) is 14.7. The highest BCUT2D eigenvalue weighted by atomic mass is 15.0. The van der Waals surface area contributed by atoms with Gasteiger partial charge in [-0.2, -0.15) is 0 Å². The lowest BCUT2D eigenvalue weighted by atomic mass is 9.94. The molecule has 0 fully saturated rings. The van der Waals surface area contributed by atoms with Crippen molar-refractivity contribution in [3.05, 3.63) is 363 Å². The topological polar surface area (TPSA) is 55.3 Å². The number of fused-ring (bicyclic) bond motifs is 3. The lowest BCUT2D eigenvalue weighted by Gasteiger charge is -2.16. The molecule has 4 heteroatoms. The molecule has 0 atom stereocenters. The molecule has 0 radical (unpaired) electrons. The first kappa shape index (κ1) is 55.2. The fraction of sp³-hybridized carbons (Fsp3) is 0.0260. The zero-order valence-electron chi connectivity index (χ0n) is 45.9. The van der Waals surface area contributed by atoms with Crippen molar-refractivity contribution in [2.75, 3.05) is 5.32 Å². The van der Waals surface area contributed by atoms with Crippen LogP contribution in [0.15, 0.2) is 346 Å². The molecular weight excluding hydrogens is 981 g/mol. The van der Waals surface area contributed by atoms with E-state index in [1.807, 2.05) is 92.1 Å². The second kappa shape index (κ2) is 28.7. The lowest BCUT2D eigenvalue weighted by Crippen LogP contribution is -1.97. The van der Waals surface area contributed by atoms with E-state index in [2.05, 4.69) is 260 Å². The number of aliphatic imine (C=N–C) groups is 1. The number of benzene rings is 7. The highest BCUT2D eigenvalue weighted by molar-refractivity contribution is 6.13. The molecule has 0 amide bonds. The fourth-order valence-electron chi connectivity index (χ4n) is 9.58. The van der Waals surface area contributed by atoms with Crippen LogP contribution >= 0.6 is 0 Å². The zero-order chi connectivity index (χ0) is 55.9. The van der Waals surface area contributed by atoms with E-state index < -0.39 is 0 Å². The van der Waals surface area contributed by atoms with Gasteiger partial charge in [0.05, 0.1) is 16.7 Å². The number of aromatic nitrogens is 1. The van der Waals surface area contributed by atoms with E-state index in [4.69, 9.17) is 10.7 Å². The quantitative estimate of drug-likeness (QED) is 0.0665. The Labute approximate surface area is 478 Å². The van der Waals surface area contributed by atoms with Crippen LogP contribution in [0.2, 0.25) is 0 Å². The second-order valence-corrected chi connectivity index (χ2v) is 19.0. The van der Waals surface area contributed by atoms with Crippen molar-refractivity contribution in [1.29, 1.82) is 0 Å². The Morgan fingerprint density at radius 1 is 0.531 bits per heavy atom. The van der Waals surface area contributed by atoms with E-state index in [1.165, 1.54) is 17.3 Å². The molecule has 1 aromatic heterocycles. The first-order chi connectivity index (χ1) is 40.0. The van der Waals surface area contributed by atoms with E-state index >= 15 is 0 Å². The standard InChI is InChI=1S/C77H66N4/c1-4-6-7-15-29-53-79-74(45-27-13-8-9-14-28-52-78)68-40-30-39-64(55-68)62-33-19-11-10-12-26-43-70(44-31-38-62)81-76-50-47-66(61-36-22-17-23-37-61)57-72(76)73-58-67(48-51-77(73)81)63(32-5-2)54-59(3)71-56-65(60-34-20-16-21-35-60)46-49-75(71)80-69-41-24-18-25-42-69/h4-58,80H,2,78H2,1,3H3/b6-4+,11-10+,12-10?,13-8+,14-9-,15-7-,19-11?,26-12+,33-19-,38-31?,43-26?,44-31-,45-27+,52-28-,53-29-,59-54+,62-33?,62-38+,63-32+,70-43+,70-44?,79-74-. The van der Waals surface area contributed by atoms with Gasteiger partial charge in [0.1, 0.15) is 0 Å². The molecule has 0 spiro atoms. The predicted octanol–water partition coefficient (Wildman–Crippen LogP) is 20.3. The molecule has 1 heterocycles. The summed E-state index contributed by atoms with van der Waals surface area (Å²) in [6, 6.07) is 60.4. The number of allylic oxidation sites excluding steroid dienone is 29. The van der Waals surface area contributed by atoms with Crippen molar-refractivity contribution in [2.45, 2.75) is 13.8 Å². The first-order valence-electron chi connectivity index (χ1n) is 27.3. The van der Waals surface area contributed by atoms with Crippen molar-refractivity contribution in [3.63, 3.8) is 0 Å². The van der Waals surface area contributed by atoms with E-state index in [0.717, 1.165) is 94.7 Å². The molecule has 0 aliphatic heterocycles. The maximum Gasteiger partial charge on any atom is 0.0702 e. The van der Waals surface area contributed by atoms with Crippen LogP contribution in [0, 0.1) is 0 Å². The Morgan fingerprint density at radius 3 is 1.93 bits per heavy atom. The van der Waals surface area contributed by atoms with Gasteiger partial charge < -0.3 is 15.6 Å². The third-order valence-corrected chi connectivity index (χ3v) is 13.5. The van der Waals surface area contributed by atoms with Gasteiger partial charge in [0.2, 0.25) is 0 Å². The van der Waals surface area contributed by atoms with Crippen molar-refractivity contribution in [2.24, 2.45) is 10.7 Å². The molecule has 7 aromatic carbocycles. The predicted molar refractivity (Wildman–Crippen MR) is 354 cm³/mol. The van der Waals surface area contributed by atoms with Crippen LogP contribution in [-0.2, 0) is 0 Å². The van der Waals surface area contributed by atoms with Gasteiger partial charge in [-0.05, 0) is 155 Å². The van der Waals surface area contributed by atoms with Gasteiger partial charge in [-0.1, -0.05) is 243 Å². The Bertz CT molecular complexity index is 4010. The highest BCUT2D eigenvalue weighted by Crippen LogP contribution is 2.39. The summed E-state index contributed by atoms with van der Waals surface area (Å²) in [5.41, 5.74) is 23.7. The molecule has 9 rings (SSSR count). The fourth-order valence-corrected chi connectivity index (χ4v) is 9.58. The first-order valence-corrected chi connectivity index (χ1v) is 27.3. The average Bonchev–Trinajstić information content (AvgIpc) is 3.89. The number of hydrogen-bond donors (Lipinski definition) is 2. The maximum absolute atomic E-state index is 5.49. The molecule has 81 heavy (non-hydrogen) atoms. The summed E-state index contributed by atoms with van der Waals surface area (Å²) in [5, 5.41) is 6.01. The van der Waals surface area contributed by atoms with Gasteiger partial charge in [-0.25, -0.2) is 0 Å². The normalized spacial score (nSPS) is 16.8. The molecule has 8 aromatic rings. The zero-order valence-corrected chi connectivity index (χ0v) is 45.9. The molecule has 0 saturated carbocycles. The summed E-state index contributed by atoms with van der Waals surface area (Å²) in [7, 11) is 0. The van der Waals surface area contributed by atoms with Gasteiger partial charge in [-0.3, -0.25) is 4.99 Å². The van der Waals surface area contributed by atoms with Crippen LogP contribution in [0.5, 0.6) is 0 Å². The van der Waals surface area contributed by atoms with Gasteiger partial charge >= 0.3 is 0 Å². The van der Waals surface area contributed by atoms with E-state index in [1.54, 1.807) is 6.08 Å². The van der Waals surface area contributed by atoms with Gasteiger partial charge in [-0.15, -0.1) is 0 Å². The average molecular weight is 1050 g/mol. The molecule has 0 bridgehead atoms. The van der Waals surface area contributed by atoms with Crippen LogP contribution in [0.3, 0.4) is 0 Å². The molecule has 1 aliphatic carbocycles. The minimum Gasteiger partial charge on any atom is -0.405 e. The van der Waals surface area contributed by atoms with Crippen molar-refractivity contribution in [1.82, 2.24) is 4.57 Å². The van der Waals surface area contributed by atoms with Crippen molar-refractivity contribution >= 4 is 61.3 Å². The number of anilines is 2.